The zero-order chi connectivity index (χ0) is 20.8. The van der Waals surface area contributed by atoms with E-state index in [0.29, 0.717) is 34.0 Å². The minimum atomic E-state index is -1.72. The number of morpholine rings is 1. The molecule has 1 N–H and O–H groups in total. The number of nitrogens with zero attached hydrogens (tertiary/aromatic N) is 1. The van der Waals surface area contributed by atoms with Crippen LogP contribution in [0.5, 0.6) is 0 Å². The van der Waals surface area contributed by atoms with Gasteiger partial charge in [0.1, 0.15) is 30.4 Å². The minimum absolute atomic E-state index is 0. The van der Waals surface area contributed by atoms with Crippen molar-refractivity contribution in [3.05, 3.63) is 44.8 Å². The molecule has 5 nitrogen and oxygen atoms in total. The smallest absolute Gasteiger partial charge is 0.349 e. The number of hydrogen-bond donors (Lipinski definition) is 1. The summed E-state index contributed by atoms with van der Waals surface area (Å²) in [6, 6.07) is 8.01. The second-order valence-corrected chi connectivity index (χ2v) is 10.8. The Bertz CT molecular complexity index is 795. The van der Waals surface area contributed by atoms with Gasteiger partial charge in [0.2, 0.25) is 5.60 Å². The third kappa shape index (κ3) is 4.10. The van der Waals surface area contributed by atoms with Crippen LogP contribution in [-0.2, 0) is 19.9 Å². The number of alkyl halides is 2. The fourth-order valence-corrected chi connectivity index (χ4v) is 6.54. The topological polar surface area (TPSA) is 59.1 Å². The van der Waals surface area contributed by atoms with Gasteiger partial charge in [-0.1, -0.05) is 12.1 Å². The molecular formula is C20H24BrCl2NO4S2. The maximum absolute atomic E-state index is 13.1. The largest absolute Gasteiger partial charge is 1.00 e. The van der Waals surface area contributed by atoms with Gasteiger partial charge in [-0.15, -0.1) is 45.9 Å². The Labute approximate surface area is 204 Å². The van der Waals surface area contributed by atoms with Crippen LogP contribution in [0.25, 0.3) is 0 Å². The first-order chi connectivity index (χ1) is 13.8. The molecule has 2 aromatic rings. The lowest BCUT2D eigenvalue weighted by Crippen LogP contribution is -3.00. The van der Waals surface area contributed by atoms with Gasteiger partial charge in [0.05, 0.1) is 29.2 Å². The van der Waals surface area contributed by atoms with Gasteiger partial charge in [0.15, 0.2) is 0 Å². The normalized spacial score (nSPS) is 30.4. The van der Waals surface area contributed by atoms with Crippen LogP contribution in [0.3, 0.4) is 0 Å². The molecule has 3 fully saturated rings. The molecule has 0 radical (unpaired) electrons. The molecule has 30 heavy (non-hydrogen) atoms. The number of carbonyl (C=O) groups excluding carboxylic acids is 1. The Morgan fingerprint density at radius 2 is 1.63 bits per heavy atom. The number of halogens is 3. The van der Waals surface area contributed by atoms with E-state index < -0.39 is 11.6 Å². The molecule has 10 heteroatoms. The maximum atomic E-state index is 13.1. The lowest BCUT2D eigenvalue weighted by atomic mass is 9.95. The van der Waals surface area contributed by atoms with Crippen molar-refractivity contribution in [2.45, 2.75) is 48.8 Å². The molecule has 1 unspecified atom stereocenters. The number of carbonyl (C=O) groups is 1. The van der Waals surface area contributed by atoms with E-state index in [1.54, 1.807) is 12.1 Å². The number of hydrogen-bond acceptors (Lipinski definition) is 6. The summed E-state index contributed by atoms with van der Waals surface area (Å²) in [5, 5.41) is 15.3. The average molecular weight is 557 g/mol. The number of quaternary nitrogens is 1. The van der Waals surface area contributed by atoms with Crippen LogP contribution in [0, 0.1) is 0 Å². The number of likely N-dealkylation sites (N-methyl/N-ethyl adjacent to an activating group) is 1. The van der Waals surface area contributed by atoms with E-state index >= 15 is 0 Å². The molecular weight excluding hydrogens is 533 g/mol. The van der Waals surface area contributed by atoms with Crippen LogP contribution in [0.2, 0.25) is 0 Å². The van der Waals surface area contributed by atoms with E-state index in [2.05, 4.69) is 14.1 Å². The first kappa shape index (κ1) is 24.5. The van der Waals surface area contributed by atoms with Crippen molar-refractivity contribution >= 4 is 51.8 Å². The molecule has 5 atom stereocenters. The van der Waals surface area contributed by atoms with E-state index in [-0.39, 0.29) is 28.4 Å². The van der Waals surface area contributed by atoms with Crippen LogP contribution in [0.1, 0.15) is 22.6 Å². The van der Waals surface area contributed by atoms with Gasteiger partial charge < -0.3 is 36.0 Å². The van der Waals surface area contributed by atoms with Gasteiger partial charge in [0, 0.05) is 12.8 Å². The fourth-order valence-electron chi connectivity index (χ4n) is 4.83. The van der Waals surface area contributed by atoms with E-state index in [1.807, 2.05) is 22.9 Å². The fraction of sp³-hybridized carbons (Fsp3) is 0.550. The highest BCUT2D eigenvalue weighted by Gasteiger charge is 2.71. The highest BCUT2D eigenvalue weighted by Crippen LogP contribution is 2.52. The van der Waals surface area contributed by atoms with E-state index in [1.165, 1.54) is 22.7 Å². The van der Waals surface area contributed by atoms with E-state index in [4.69, 9.17) is 32.7 Å². The number of piperidine rings is 1. The first-order valence-corrected chi connectivity index (χ1v) is 12.3. The second kappa shape index (κ2) is 9.35. The lowest BCUT2D eigenvalue weighted by Gasteiger charge is -2.45. The molecule has 2 aromatic heterocycles. The lowest BCUT2D eigenvalue weighted by molar-refractivity contribution is -0.938. The van der Waals surface area contributed by atoms with Crippen LogP contribution < -0.4 is 17.0 Å². The summed E-state index contributed by atoms with van der Waals surface area (Å²) < 4.78 is 12.6. The van der Waals surface area contributed by atoms with Gasteiger partial charge in [-0.2, -0.15) is 0 Å². The molecule has 0 amide bonds. The summed E-state index contributed by atoms with van der Waals surface area (Å²) in [5.74, 6) is -0.561. The minimum Gasteiger partial charge on any atom is -1.00 e. The summed E-state index contributed by atoms with van der Waals surface area (Å²) in [7, 11) is 4.49. The Balaban J connectivity index is 0.000000606. The molecule has 3 aliphatic heterocycles. The molecule has 2 bridgehead atoms. The molecule has 0 saturated carbocycles. The van der Waals surface area contributed by atoms with Crippen LogP contribution in [0.4, 0.5) is 0 Å². The second-order valence-electron chi connectivity index (χ2n) is 8.09. The Kier molecular flexibility index (Phi) is 7.62. The molecule has 0 aliphatic carbocycles. The third-order valence-corrected chi connectivity index (χ3v) is 8.32. The summed E-state index contributed by atoms with van der Waals surface area (Å²) in [5.41, 5.74) is -1.72. The number of esters is 1. The van der Waals surface area contributed by atoms with E-state index in [0.717, 1.165) is 17.3 Å². The number of thiophene rings is 2. The summed E-state index contributed by atoms with van der Waals surface area (Å²) in [6.07, 6.45) is 2.05. The quantitative estimate of drug-likeness (QED) is 0.262. The number of epoxide rings is 1. The number of ether oxygens (including phenoxy) is 2. The molecule has 3 saturated heterocycles. The maximum Gasteiger partial charge on any atom is 0.349 e. The average Bonchev–Trinajstić information content (AvgIpc) is 3.04. The number of aliphatic hydroxyl groups is 1. The molecule has 0 aromatic carbocycles. The van der Waals surface area contributed by atoms with Crippen molar-refractivity contribution < 1.29 is 40.8 Å². The molecule has 5 rings (SSSR count). The van der Waals surface area contributed by atoms with Crippen molar-refractivity contribution in [2.75, 3.05) is 19.4 Å². The Morgan fingerprint density at radius 1 is 1.17 bits per heavy atom. The van der Waals surface area contributed by atoms with Crippen LogP contribution >= 0.6 is 45.9 Å². The van der Waals surface area contributed by atoms with Gasteiger partial charge in [-0.05, 0) is 22.9 Å². The van der Waals surface area contributed by atoms with Gasteiger partial charge in [-0.25, -0.2) is 4.79 Å². The van der Waals surface area contributed by atoms with Crippen molar-refractivity contribution in [3.8, 4) is 0 Å². The summed E-state index contributed by atoms with van der Waals surface area (Å²) in [4.78, 5) is 14.3. The van der Waals surface area contributed by atoms with Gasteiger partial charge in [-0.3, -0.25) is 0 Å². The van der Waals surface area contributed by atoms with Gasteiger partial charge in [0.25, 0.3) is 0 Å². The predicted molar refractivity (Wildman–Crippen MR) is 116 cm³/mol. The summed E-state index contributed by atoms with van der Waals surface area (Å²) >= 11 is 12.3. The molecule has 0 spiro atoms. The highest BCUT2D eigenvalue weighted by molar-refractivity contribution is 7.12. The number of fused-ring (bicyclic) bond motifs is 5. The monoisotopic (exact) mass is 555 g/mol. The Morgan fingerprint density at radius 3 is 2.03 bits per heavy atom. The highest BCUT2D eigenvalue weighted by atomic mass is 79.9. The summed E-state index contributed by atoms with van der Waals surface area (Å²) in [6.45, 7) is 0. The Hall–Kier alpha value is -0.190. The zero-order valence-corrected chi connectivity index (χ0v) is 21.3. The number of rotatable bonds is 4. The van der Waals surface area contributed by atoms with E-state index in [9.17, 15) is 9.90 Å². The SMILES string of the molecule is C[N+]1(C)[C@H]2CC(OC(=O)C(O)(c3cccs3)c3cccs3)C[C@H]1[C@H]1O[C@H]12.ClCCl.[Br-]. The standard InChI is InChI=1S/C19H22NO4S2.CH2Cl2.BrH/c1-20(2)12-9-11(10-13(20)17-16(12)24-17)23-18(21)19(22,14-5-3-7-25-14)15-6-4-8-26-15;2-1-3;/h3-8,11-13,16-17,22H,9-10H2,1-2H3;1H2;1H/q+1;;/p-1/t11?,12-,13-,16-,17+;;/m0../s1. The van der Waals surface area contributed by atoms with Crippen LogP contribution in [-0.4, -0.2) is 65.4 Å². The first-order valence-electron chi connectivity index (χ1n) is 9.46. The van der Waals surface area contributed by atoms with Crippen molar-refractivity contribution in [3.63, 3.8) is 0 Å². The van der Waals surface area contributed by atoms with Crippen molar-refractivity contribution in [2.24, 2.45) is 0 Å². The molecule has 3 aliphatic rings. The molecule has 5 heterocycles. The van der Waals surface area contributed by atoms with Crippen LogP contribution in [0.15, 0.2) is 35.0 Å². The predicted octanol–water partition coefficient (Wildman–Crippen LogP) is 0.771. The third-order valence-electron chi connectivity index (χ3n) is 6.36. The van der Waals surface area contributed by atoms with Crippen molar-refractivity contribution in [1.82, 2.24) is 0 Å². The molecule has 166 valence electrons. The van der Waals surface area contributed by atoms with Crippen molar-refractivity contribution in [1.29, 1.82) is 0 Å². The zero-order valence-electron chi connectivity index (χ0n) is 16.5. The van der Waals surface area contributed by atoms with Gasteiger partial charge >= 0.3 is 5.97 Å².